The van der Waals surface area contributed by atoms with Crippen LogP contribution in [0.2, 0.25) is 5.02 Å². The lowest BCUT2D eigenvalue weighted by Crippen LogP contribution is -2.32. The van der Waals surface area contributed by atoms with Crippen LogP contribution >= 0.6 is 11.6 Å². The van der Waals surface area contributed by atoms with Crippen molar-refractivity contribution in [2.24, 2.45) is 0 Å². The molecule has 1 aliphatic heterocycles. The lowest BCUT2D eigenvalue weighted by Gasteiger charge is -2.22. The lowest BCUT2D eigenvalue weighted by atomic mass is 10.2. The number of amides is 1. The molecule has 7 nitrogen and oxygen atoms in total. The molecule has 0 aromatic carbocycles. The Morgan fingerprint density at radius 2 is 2.17 bits per heavy atom. The minimum atomic E-state index is -0.105. The SMILES string of the molecule is Cc1nc([C@H]2CCCN2C(=O)c2c(C)nc3ccc(Cl)cn23)n[nH]1. The molecule has 0 bridgehead atoms. The van der Waals surface area contributed by atoms with Crippen LogP contribution in [0.4, 0.5) is 0 Å². The molecule has 4 heterocycles. The molecule has 0 saturated carbocycles. The second-order valence-electron chi connectivity index (χ2n) is 6.06. The van der Waals surface area contributed by atoms with Crippen molar-refractivity contribution in [1.82, 2.24) is 29.5 Å². The van der Waals surface area contributed by atoms with Crippen molar-refractivity contribution in [3.63, 3.8) is 0 Å². The zero-order valence-electron chi connectivity index (χ0n) is 13.5. The number of nitrogens with zero attached hydrogens (tertiary/aromatic N) is 5. The van der Waals surface area contributed by atoms with Gasteiger partial charge < -0.3 is 4.90 Å². The molecular weight excluding hydrogens is 328 g/mol. The highest BCUT2D eigenvalue weighted by atomic mass is 35.5. The summed E-state index contributed by atoms with van der Waals surface area (Å²) in [5.74, 6) is 1.36. The van der Waals surface area contributed by atoms with Gasteiger partial charge in [-0.15, -0.1) is 0 Å². The Balaban J connectivity index is 1.75. The van der Waals surface area contributed by atoms with Crippen LogP contribution in [0.15, 0.2) is 18.3 Å². The van der Waals surface area contributed by atoms with E-state index in [0.29, 0.717) is 34.4 Å². The van der Waals surface area contributed by atoms with E-state index in [1.807, 2.05) is 24.8 Å². The topological polar surface area (TPSA) is 79.2 Å². The molecule has 3 aromatic rings. The van der Waals surface area contributed by atoms with Crippen molar-refractivity contribution in [3.8, 4) is 0 Å². The average Bonchev–Trinajstić information content (AvgIpc) is 3.24. The second kappa shape index (κ2) is 5.59. The van der Waals surface area contributed by atoms with E-state index in [1.165, 1.54) is 0 Å². The predicted octanol–water partition coefficient (Wildman–Crippen LogP) is 2.70. The fraction of sp³-hybridized carbons (Fsp3) is 0.375. The quantitative estimate of drug-likeness (QED) is 0.775. The Kier molecular flexibility index (Phi) is 3.53. The standard InChI is InChI=1S/C16H17ClN6O/c1-9-14(23-8-11(17)5-6-13(23)18-9)16(24)22-7-3-4-12(22)15-19-10(2)20-21-15/h5-6,8,12H,3-4,7H2,1-2H3,(H,19,20,21)/t12-/m1/s1. The number of nitrogens with one attached hydrogen (secondary N) is 1. The molecule has 1 N–H and O–H groups in total. The van der Waals surface area contributed by atoms with Gasteiger partial charge in [0.1, 0.15) is 17.2 Å². The molecule has 0 unspecified atom stereocenters. The van der Waals surface area contributed by atoms with Crippen LogP contribution in [0.1, 0.15) is 46.7 Å². The minimum Gasteiger partial charge on any atom is -0.327 e. The van der Waals surface area contributed by atoms with Crippen LogP contribution in [0.5, 0.6) is 0 Å². The highest BCUT2D eigenvalue weighted by Crippen LogP contribution is 2.32. The van der Waals surface area contributed by atoms with Crippen molar-refractivity contribution in [2.45, 2.75) is 32.7 Å². The van der Waals surface area contributed by atoms with Crippen molar-refractivity contribution in [1.29, 1.82) is 0 Å². The summed E-state index contributed by atoms with van der Waals surface area (Å²) < 4.78 is 1.76. The number of aryl methyl sites for hydroxylation is 2. The molecule has 0 radical (unpaired) electrons. The number of aromatic nitrogens is 5. The third-order valence-electron chi connectivity index (χ3n) is 4.39. The van der Waals surface area contributed by atoms with Crippen LogP contribution in [-0.4, -0.2) is 41.9 Å². The second-order valence-corrected chi connectivity index (χ2v) is 6.49. The maximum atomic E-state index is 13.2. The van der Waals surface area contributed by atoms with Crippen LogP contribution in [-0.2, 0) is 0 Å². The van der Waals surface area contributed by atoms with Gasteiger partial charge in [-0.05, 0) is 38.8 Å². The number of fused-ring (bicyclic) bond motifs is 1. The monoisotopic (exact) mass is 344 g/mol. The molecule has 24 heavy (non-hydrogen) atoms. The summed E-state index contributed by atoms with van der Waals surface area (Å²) in [4.78, 5) is 23.9. The molecule has 1 atom stereocenters. The molecule has 1 saturated heterocycles. The Labute approximate surface area is 143 Å². The number of halogens is 1. The van der Waals surface area contributed by atoms with Crippen molar-refractivity contribution >= 4 is 23.2 Å². The van der Waals surface area contributed by atoms with Gasteiger partial charge >= 0.3 is 0 Å². The third kappa shape index (κ3) is 2.36. The summed E-state index contributed by atoms with van der Waals surface area (Å²) in [6.07, 6.45) is 3.52. The van der Waals surface area contributed by atoms with Gasteiger partial charge in [0, 0.05) is 12.7 Å². The van der Waals surface area contributed by atoms with Crippen molar-refractivity contribution in [3.05, 3.63) is 46.4 Å². The van der Waals surface area contributed by atoms with Gasteiger partial charge in [-0.25, -0.2) is 9.97 Å². The molecule has 1 fully saturated rings. The van der Waals surface area contributed by atoms with Gasteiger partial charge in [-0.2, -0.15) is 5.10 Å². The normalized spacial score (nSPS) is 17.8. The molecule has 8 heteroatoms. The molecule has 1 aliphatic rings. The van der Waals surface area contributed by atoms with Crippen molar-refractivity contribution in [2.75, 3.05) is 6.54 Å². The van der Waals surface area contributed by atoms with Gasteiger partial charge in [-0.1, -0.05) is 11.6 Å². The minimum absolute atomic E-state index is 0.0628. The molecule has 4 rings (SSSR count). The summed E-state index contributed by atoms with van der Waals surface area (Å²) in [7, 11) is 0. The number of carbonyl (C=O) groups is 1. The summed E-state index contributed by atoms with van der Waals surface area (Å²) in [5, 5.41) is 7.66. The Hall–Kier alpha value is -2.41. The van der Waals surface area contributed by atoms with E-state index in [9.17, 15) is 4.79 Å². The fourth-order valence-electron chi connectivity index (χ4n) is 3.32. The number of rotatable bonds is 2. The molecule has 124 valence electrons. The van der Waals surface area contributed by atoms with Crippen LogP contribution in [0.3, 0.4) is 0 Å². The number of hydrogen-bond donors (Lipinski definition) is 1. The Morgan fingerprint density at radius 3 is 2.92 bits per heavy atom. The summed E-state index contributed by atoms with van der Waals surface area (Å²) in [6.45, 7) is 4.38. The fourth-order valence-corrected chi connectivity index (χ4v) is 3.48. The largest absolute Gasteiger partial charge is 0.327 e. The van der Waals surface area contributed by atoms with Gasteiger partial charge in [0.15, 0.2) is 5.82 Å². The smallest absolute Gasteiger partial charge is 0.273 e. The summed E-state index contributed by atoms with van der Waals surface area (Å²) in [6, 6.07) is 3.48. The van der Waals surface area contributed by atoms with E-state index in [-0.39, 0.29) is 11.9 Å². The number of H-pyrrole nitrogens is 1. The number of imidazole rings is 1. The maximum absolute atomic E-state index is 13.2. The zero-order valence-corrected chi connectivity index (χ0v) is 14.2. The maximum Gasteiger partial charge on any atom is 0.273 e. The molecular formula is C16H17ClN6O. The molecule has 1 amide bonds. The highest BCUT2D eigenvalue weighted by Gasteiger charge is 2.35. The number of aromatic amines is 1. The Morgan fingerprint density at radius 1 is 1.33 bits per heavy atom. The van der Waals surface area contributed by atoms with Gasteiger partial charge in [-0.3, -0.25) is 14.3 Å². The van der Waals surface area contributed by atoms with E-state index < -0.39 is 0 Å². The van der Waals surface area contributed by atoms with Gasteiger partial charge in [0.2, 0.25) is 0 Å². The van der Waals surface area contributed by atoms with Crippen molar-refractivity contribution < 1.29 is 4.79 Å². The first-order valence-electron chi connectivity index (χ1n) is 7.88. The Bertz CT molecular complexity index is 930. The number of carbonyl (C=O) groups excluding carboxylic acids is 1. The summed E-state index contributed by atoms with van der Waals surface area (Å²) in [5.41, 5.74) is 1.95. The van der Waals surface area contributed by atoms with Crippen LogP contribution < -0.4 is 0 Å². The number of hydrogen-bond acceptors (Lipinski definition) is 4. The molecule has 0 aliphatic carbocycles. The van der Waals surface area contributed by atoms with E-state index in [0.717, 1.165) is 18.7 Å². The molecule has 0 spiro atoms. The van der Waals surface area contributed by atoms with Gasteiger partial charge in [0.25, 0.3) is 5.91 Å². The average molecular weight is 345 g/mol. The number of pyridine rings is 1. The molecule has 3 aromatic heterocycles. The zero-order chi connectivity index (χ0) is 16.8. The van der Waals surface area contributed by atoms with E-state index in [1.54, 1.807) is 16.7 Å². The number of likely N-dealkylation sites (tertiary alicyclic amines) is 1. The summed E-state index contributed by atoms with van der Waals surface area (Å²) >= 11 is 6.09. The first kappa shape index (κ1) is 15.1. The highest BCUT2D eigenvalue weighted by molar-refractivity contribution is 6.30. The van der Waals surface area contributed by atoms with E-state index >= 15 is 0 Å². The van der Waals surface area contributed by atoms with Crippen LogP contribution in [0, 0.1) is 13.8 Å². The van der Waals surface area contributed by atoms with Gasteiger partial charge in [0.05, 0.1) is 16.8 Å². The van der Waals surface area contributed by atoms with Crippen LogP contribution in [0.25, 0.3) is 5.65 Å². The third-order valence-corrected chi connectivity index (χ3v) is 4.61. The van der Waals surface area contributed by atoms with E-state index in [4.69, 9.17) is 11.6 Å². The first-order valence-corrected chi connectivity index (χ1v) is 8.26. The lowest BCUT2D eigenvalue weighted by molar-refractivity contribution is 0.0722. The first-order chi connectivity index (χ1) is 11.5. The predicted molar refractivity (Wildman–Crippen MR) is 89.1 cm³/mol. The van der Waals surface area contributed by atoms with E-state index in [2.05, 4.69) is 20.2 Å².